The number of esters is 1. The van der Waals surface area contributed by atoms with Gasteiger partial charge in [0.25, 0.3) is 0 Å². The van der Waals surface area contributed by atoms with Crippen LogP contribution in [0.5, 0.6) is 0 Å². The molecule has 0 atom stereocenters. The van der Waals surface area contributed by atoms with E-state index in [9.17, 15) is 9.59 Å². The third kappa shape index (κ3) is 1.99. The Kier molecular flexibility index (Phi) is 2.82. The lowest BCUT2D eigenvalue weighted by atomic mass is 10.1. The Morgan fingerprint density at radius 3 is 2.76 bits per heavy atom. The van der Waals surface area contributed by atoms with E-state index in [-0.39, 0.29) is 17.7 Å². The zero-order chi connectivity index (χ0) is 12.4. The highest BCUT2D eigenvalue weighted by Crippen LogP contribution is 2.20. The second-order valence-corrected chi connectivity index (χ2v) is 3.49. The maximum atomic E-state index is 11.6. The summed E-state index contributed by atoms with van der Waals surface area (Å²) in [7, 11) is 0. The molecule has 17 heavy (non-hydrogen) atoms. The first kappa shape index (κ1) is 11.2. The molecule has 2 rings (SSSR count). The van der Waals surface area contributed by atoms with Crippen LogP contribution in [0.4, 0.5) is 0 Å². The van der Waals surface area contributed by atoms with Gasteiger partial charge in [0.1, 0.15) is 0 Å². The predicted molar refractivity (Wildman–Crippen MR) is 61.2 cm³/mol. The van der Waals surface area contributed by atoms with Gasteiger partial charge in [0.2, 0.25) is 0 Å². The Hall–Kier alpha value is -2.30. The van der Waals surface area contributed by atoms with Crippen molar-refractivity contribution in [3.8, 4) is 0 Å². The molecule has 5 heteroatoms. The second-order valence-electron chi connectivity index (χ2n) is 3.49. The molecule has 2 aromatic rings. The van der Waals surface area contributed by atoms with Crippen LogP contribution in [-0.4, -0.2) is 28.6 Å². The highest BCUT2D eigenvalue weighted by atomic mass is 16.5. The molecule has 0 aliphatic carbocycles. The lowest BCUT2D eigenvalue weighted by molar-refractivity contribution is 0.0515. The fourth-order valence-corrected chi connectivity index (χ4v) is 1.66. The van der Waals surface area contributed by atoms with Crippen molar-refractivity contribution in [1.29, 1.82) is 0 Å². The van der Waals surface area contributed by atoms with E-state index in [4.69, 9.17) is 9.84 Å². The first-order valence-corrected chi connectivity index (χ1v) is 5.15. The molecule has 0 radical (unpaired) electrons. The van der Waals surface area contributed by atoms with Crippen LogP contribution in [0.25, 0.3) is 10.9 Å². The number of carboxylic acid groups (broad SMARTS) is 1. The van der Waals surface area contributed by atoms with Gasteiger partial charge in [-0.25, -0.2) is 9.59 Å². The van der Waals surface area contributed by atoms with E-state index in [0.29, 0.717) is 5.52 Å². The SMILES string of the molecule is CCOC(=O)c1cc2cc[nH]c2cc1C(=O)O. The smallest absolute Gasteiger partial charge is 0.339 e. The fraction of sp³-hybridized carbons (Fsp3) is 0.167. The van der Waals surface area contributed by atoms with Crippen LogP contribution < -0.4 is 0 Å². The van der Waals surface area contributed by atoms with Crippen molar-refractivity contribution in [2.24, 2.45) is 0 Å². The molecule has 0 fully saturated rings. The molecule has 88 valence electrons. The topological polar surface area (TPSA) is 79.4 Å². The van der Waals surface area contributed by atoms with Gasteiger partial charge in [-0.05, 0) is 25.1 Å². The normalized spacial score (nSPS) is 10.4. The highest BCUT2D eigenvalue weighted by Gasteiger charge is 2.18. The van der Waals surface area contributed by atoms with E-state index in [0.717, 1.165) is 5.39 Å². The molecule has 0 aliphatic heterocycles. The Labute approximate surface area is 97.0 Å². The summed E-state index contributed by atoms with van der Waals surface area (Å²) >= 11 is 0. The molecule has 1 aromatic carbocycles. The number of carbonyl (C=O) groups is 2. The Bertz CT molecular complexity index is 585. The largest absolute Gasteiger partial charge is 0.478 e. The molecular weight excluding hydrogens is 222 g/mol. The highest BCUT2D eigenvalue weighted by molar-refractivity contribution is 6.06. The summed E-state index contributed by atoms with van der Waals surface area (Å²) in [6.45, 7) is 1.89. The number of hydrogen-bond acceptors (Lipinski definition) is 3. The van der Waals surface area contributed by atoms with Crippen molar-refractivity contribution >= 4 is 22.8 Å². The number of hydrogen-bond donors (Lipinski definition) is 2. The zero-order valence-corrected chi connectivity index (χ0v) is 9.19. The van der Waals surface area contributed by atoms with Crippen LogP contribution in [0.2, 0.25) is 0 Å². The number of carboxylic acids is 1. The Morgan fingerprint density at radius 1 is 1.35 bits per heavy atom. The number of nitrogens with one attached hydrogen (secondary N) is 1. The summed E-state index contributed by atoms with van der Waals surface area (Å²) in [6, 6.07) is 4.72. The van der Waals surface area contributed by atoms with Gasteiger partial charge < -0.3 is 14.8 Å². The average Bonchev–Trinajstić information content (AvgIpc) is 2.74. The molecule has 0 aliphatic rings. The maximum Gasteiger partial charge on any atom is 0.339 e. The van der Waals surface area contributed by atoms with Gasteiger partial charge >= 0.3 is 11.9 Å². The van der Waals surface area contributed by atoms with E-state index >= 15 is 0 Å². The van der Waals surface area contributed by atoms with Gasteiger partial charge in [-0.15, -0.1) is 0 Å². The summed E-state index contributed by atoms with van der Waals surface area (Å²) in [5, 5.41) is 9.83. The molecule has 5 nitrogen and oxygen atoms in total. The quantitative estimate of drug-likeness (QED) is 0.795. The van der Waals surface area contributed by atoms with Crippen LogP contribution in [0.1, 0.15) is 27.6 Å². The van der Waals surface area contributed by atoms with Crippen LogP contribution >= 0.6 is 0 Å². The van der Waals surface area contributed by atoms with Gasteiger partial charge in [-0.2, -0.15) is 0 Å². The molecule has 0 bridgehead atoms. The van der Waals surface area contributed by atoms with Crippen LogP contribution in [0.3, 0.4) is 0 Å². The number of aromatic carboxylic acids is 1. The van der Waals surface area contributed by atoms with Gasteiger partial charge in [0, 0.05) is 17.1 Å². The van der Waals surface area contributed by atoms with Crippen molar-refractivity contribution in [3.63, 3.8) is 0 Å². The molecule has 0 saturated carbocycles. The second kappa shape index (κ2) is 4.29. The zero-order valence-electron chi connectivity index (χ0n) is 9.19. The van der Waals surface area contributed by atoms with E-state index in [2.05, 4.69) is 4.98 Å². The molecule has 0 unspecified atom stereocenters. The third-order valence-corrected chi connectivity index (χ3v) is 2.42. The van der Waals surface area contributed by atoms with Crippen molar-refractivity contribution < 1.29 is 19.4 Å². The molecule has 0 amide bonds. The van der Waals surface area contributed by atoms with Crippen LogP contribution in [0.15, 0.2) is 24.4 Å². The van der Waals surface area contributed by atoms with Crippen LogP contribution in [-0.2, 0) is 4.74 Å². The maximum absolute atomic E-state index is 11.6. The van der Waals surface area contributed by atoms with Crippen molar-refractivity contribution in [2.45, 2.75) is 6.92 Å². The summed E-state index contributed by atoms with van der Waals surface area (Å²) in [5.41, 5.74) is 0.695. The van der Waals surface area contributed by atoms with Crippen LogP contribution in [0, 0.1) is 0 Å². The lowest BCUT2D eigenvalue weighted by Gasteiger charge is -2.05. The van der Waals surface area contributed by atoms with E-state index < -0.39 is 11.9 Å². The average molecular weight is 233 g/mol. The van der Waals surface area contributed by atoms with E-state index in [1.807, 2.05) is 0 Å². The van der Waals surface area contributed by atoms with Crippen molar-refractivity contribution in [1.82, 2.24) is 4.98 Å². The minimum absolute atomic E-state index is 0.0570. The molecule has 2 N–H and O–H groups in total. The first-order valence-electron chi connectivity index (χ1n) is 5.15. The molecule has 1 aromatic heterocycles. The lowest BCUT2D eigenvalue weighted by Crippen LogP contribution is -2.11. The predicted octanol–water partition coefficient (Wildman–Crippen LogP) is 2.04. The van der Waals surface area contributed by atoms with Gasteiger partial charge in [-0.1, -0.05) is 0 Å². The van der Waals surface area contributed by atoms with E-state index in [1.54, 1.807) is 19.2 Å². The third-order valence-electron chi connectivity index (χ3n) is 2.42. The molecular formula is C12H11NO4. The number of benzene rings is 1. The van der Waals surface area contributed by atoms with E-state index in [1.165, 1.54) is 12.1 Å². The number of ether oxygens (including phenoxy) is 1. The Balaban J connectivity index is 2.61. The number of aromatic amines is 1. The standard InChI is InChI=1S/C12H11NO4/c1-2-17-12(16)9-5-7-3-4-13-10(7)6-8(9)11(14)15/h3-6,13H,2H2,1H3,(H,14,15). The summed E-state index contributed by atoms with van der Waals surface area (Å²) in [5.74, 6) is -1.77. The monoisotopic (exact) mass is 233 g/mol. The number of rotatable bonds is 3. The van der Waals surface area contributed by atoms with Gasteiger partial charge in [0.15, 0.2) is 0 Å². The minimum Gasteiger partial charge on any atom is -0.478 e. The number of H-pyrrole nitrogens is 1. The Morgan fingerprint density at radius 2 is 2.12 bits per heavy atom. The van der Waals surface area contributed by atoms with Gasteiger partial charge in [0.05, 0.1) is 17.7 Å². The summed E-state index contributed by atoms with van der Waals surface area (Å²) in [6.07, 6.45) is 1.69. The number of carbonyl (C=O) groups excluding carboxylic acids is 1. The first-order chi connectivity index (χ1) is 8.13. The fourth-order valence-electron chi connectivity index (χ4n) is 1.66. The molecule has 1 heterocycles. The summed E-state index contributed by atoms with van der Waals surface area (Å²) < 4.78 is 4.83. The van der Waals surface area contributed by atoms with Crippen molar-refractivity contribution in [3.05, 3.63) is 35.5 Å². The minimum atomic E-state index is -1.15. The number of aromatic nitrogens is 1. The van der Waals surface area contributed by atoms with Crippen molar-refractivity contribution in [2.75, 3.05) is 6.61 Å². The van der Waals surface area contributed by atoms with Gasteiger partial charge in [-0.3, -0.25) is 0 Å². The molecule has 0 spiro atoms. The number of fused-ring (bicyclic) bond motifs is 1. The summed E-state index contributed by atoms with van der Waals surface area (Å²) in [4.78, 5) is 25.6. The molecule has 0 saturated heterocycles.